The van der Waals surface area contributed by atoms with Crippen molar-refractivity contribution in [2.75, 3.05) is 13.7 Å². The van der Waals surface area contributed by atoms with Gasteiger partial charge in [-0.2, -0.15) is 0 Å². The number of benzene rings is 1. The van der Waals surface area contributed by atoms with Crippen LogP contribution < -0.4 is 9.47 Å². The molecule has 0 spiro atoms. The summed E-state index contributed by atoms with van der Waals surface area (Å²) in [6.07, 6.45) is 3.65. The molecule has 108 valence electrons. The molecule has 4 nitrogen and oxygen atoms in total. The quantitative estimate of drug-likeness (QED) is 0.668. The van der Waals surface area contributed by atoms with E-state index in [0.29, 0.717) is 12.3 Å². The molecule has 0 fully saturated rings. The van der Waals surface area contributed by atoms with Crippen LogP contribution in [-0.2, 0) is 0 Å². The number of methoxy groups -OCH3 is 1. The number of nitrogens with zero attached hydrogens (tertiary/aromatic N) is 1. The van der Waals surface area contributed by atoms with Crippen LogP contribution in [0, 0.1) is 0 Å². The molecule has 3 aromatic rings. The highest BCUT2D eigenvalue weighted by atomic mass is 16.5. The fourth-order valence-electron chi connectivity index (χ4n) is 2.23. The molecule has 4 heteroatoms. The van der Waals surface area contributed by atoms with E-state index in [0.717, 1.165) is 27.8 Å². The molecule has 0 amide bonds. The number of allylic oxidation sites excluding steroid dienone is 1. The van der Waals surface area contributed by atoms with Gasteiger partial charge in [0.25, 0.3) is 0 Å². The van der Waals surface area contributed by atoms with Gasteiger partial charge in [0, 0.05) is 11.5 Å². The maximum Gasteiger partial charge on any atom is 0.230 e. The lowest BCUT2D eigenvalue weighted by molar-refractivity contribution is 0.362. The van der Waals surface area contributed by atoms with Gasteiger partial charge in [-0.25, -0.2) is 4.98 Å². The maximum absolute atomic E-state index is 5.70. The number of ether oxygens (including phenoxy) is 2. The lowest BCUT2D eigenvalue weighted by Crippen LogP contribution is -1.95. The smallest absolute Gasteiger partial charge is 0.230 e. The molecule has 0 aliphatic heterocycles. The number of hydrogen-bond acceptors (Lipinski definition) is 4. The SMILES string of the molecule is COc1c2ccc(OCC=C(C)C)cc2nc2occc12. The Kier molecular flexibility index (Phi) is 3.52. The second-order valence-corrected chi connectivity index (χ2v) is 5.06. The molecule has 0 radical (unpaired) electrons. The standard InChI is InChI=1S/C17H17NO3/c1-11(2)6-8-20-12-4-5-13-15(10-12)18-17-14(7-9-21-17)16(13)19-3/h4-7,9-10H,8H2,1-3H3. The Morgan fingerprint density at radius 2 is 2.10 bits per heavy atom. The fraction of sp³-hybridized carbons (Fsp3) is 0.235. The van der Waals surface area contributed by atoms with Crippen molar-refractivity contribution >= 4 is 22.0 Å². The average Bonchev–Trinajstić information content (AvgIpc) is 2.92. The van der Waals surface area contributed by atoms with Crippen LogP contribution in [0.5, 0.6) is 11.5 Å². The van der Waals surface area contributed by atoms with Gasteiger partial charge in [0.15, 0.2) is 0 Å². The van der Waals surface area contributed by atoms with Gasteiger partial charge in [-0.15, -0.1) is 0 Å². The lowest BCUT2D eigenvalue weighted by atomic mass is 10.1. The molecule has 0 atom stereocenters. The van der Waals surface area contributed by atoms with Crippen LogP contribution in [0.15, 0.2) is 46.6 Å². The first-order valence-electron chi connectivity index (χ1n) is 6.80. The van der Waals surface area contributed by atoms with E-state index in [4.69, 9.17) is 13.9 Å². The summed E-state index contributed by atoms with van der Waals surface area (Å²) < 4.78 is 16.6. The molecule has 0 unspecified atom stereocenters. The number of rotatable bonds is 4. The first-order chi connectivity index (χ1) is 10.2. The topological polar surface area (TPSA) is 44.5 Å². The van der Waals surface area contributed by atoms with Gasteiger partial charge in [-0.1, -0.05) is 5.57 Å². The molecule has 0 bridgehead atoms. The van der Waals surface area contributed by atoms with Gasteiger partial charge in [0.2, 0.25) is 5.71 Å². The summed E-state index contributed by atoms with van der Waals surface area (Å²) in [4.78, 5) is 4.51. The van der Waals surface area contributed by atoms with E-state index in [9.17, 15) is 0 Å². The second kappa shape index (κ2) is 5.48. The normalized spacial score (nSPS) is 10.8. The van der Waals surface area contributed by atoms with Crippen molar-refractivity contribution in [3.8, 4) is 11.5 Å². The molecule has 21 heavy (non-hydrogen) atoms. The van der Waals surface area contributed by atoms with Crippen molar-refractivity contribution in [1.82, 2.24) is 4.98 Å². The van der Waals surface area contributed by atoms with Crippen molar-refractivity contribution in [1.29, 1.82) is 0 Å². The van der Waals surface area contributed by atoms with Crippen LogP contribution in [0.2, 0.25) is 0 Å². The van der Waals surface area contributed by atoms with Crippen molar-refractivity contribution in [3.63, 3.8) is 0 Å². The molecule has 0 aliphatic rings. The molecule has 0 N–H and O–H groups in total. The molecule has 0 saturated carbocycles. The van der Waals surface area contributed by atoms with Crippen molar-refractivity contribution in [2.24, 2.45) is 0 Å². The zero-order chi connectivity index (χ0) is 14.8. The number of pyridine rings is 1. The molecule has 0 saturated heterocycles. The molecular formula is C17H17NO3. The Morgan fingerprint density at radius 3 is 2.86 bits per heavy atom. The Morgan fingerprint density at radius 1 is 1.24 bits per heavy atom. The summed E-state index contributed by atoms with van der Waals surface area (Å²) in [6.45, 7) is 4.64. The number of fused-ring (bicyclic) bond motifs is 2. The molecule has 3 rings (SSSR count). The summed E-state index contributed by atoms with van der Waals surface area (Å²) in [5.41, 5.74) is 2.60. The van der Waals surface area contributed by atoms with Crippen molar-refractivity contribution in [2.45, 2.75) is 13.8 Å². The summed E-state index contributed by atoms with van der Waals surface area (Å²) in [7, 11) is 1.65. The molecule has 1 aromatic carbocycles. The largest absolute Gasteiger partial charge is 0.495 e. The molecule has 0 aliphatic carbocycles. The Bertz CT molecular complexity index is 813. The van der Waals surface area contributed by atoms with Gasteiger partial charge in [0.1, 0.15) is 18.1 Å². The van der Waals surface area contributed by atoms with Crippen molar-refractivity contribution < 1.29 is 13.9 Å². The van der Waals surface area contributed by atoms with E-state index < -0.39 is 0 Å². The highest BCUT2D eigenvalue weighted by molar-refractivity contribution is 5.99. The first kappa shape index (κ1) is 13.5. The fourth-order valence-corrected chi connectivity index (χ4v) is 2.23. The maximum atomic E-state index is 5.70. The van der Waals surface area contributed by atoms with Crippen LogP contribution in [0.4, 0.5) is 0 Å². The molecule has 2 heterocycles. The predicted octanol–water partition coefficient (Wildman–Crippen LogP) is 4.33. The van der Waals surface area contributed by atoms with Gasteiger partial charge < -0.3 is 13.9 Å². The zero-order valence-electron chi connectivity index (χ0n) is 12.3. The van der Waals surface area contributed by atoms with Crippen molar-refractivity contribution in [3.05, 3.63) is 42.2 Å². The molecule has 2 aromatic heterocycles. The van der Waals surface area contributed by atoms with Crippen LogP contribution in [0.25, 0.3) is 22.0 Å². The van der Waals surface area contributed by atoms with Gasteiger partial charge in [0.05, 0.1) is 24.3 Å². The summed E-state index contributed by atoms with van der Waals surface area (Å²) in [6, 6.07) is 7.65. The zero-order valence-corrected chi connectivity index (χ0v) is 12.3. The highest BCUT2D eigenvalue weighted by Crippen LogP contribution is 2.34. The Hall–Kier alpha value is -2.49. The predicted molar refractivity (Wildman–Crippen MR) is 83.0 cm³/mol. The molecular weight excluding hydrogens is 266 g/mol. The minimum Gasteiger partial charge on any atom is -0.495 e. The summed E-state index contributed by atoms with van der Waals surface area (Å²) in [5.74, 6) is 1.56. The third kappa shape index (κ3) is 2.57. The number of aromatic nitrogens is 1. The van der Waals surface area contributed by atoms with Crippen LogP contribution >= 0.6 is 0 Å². The van der Waals surface area contributed by atoms with E-state index >= 15 is 0 Å². The Balaban J connectivity index is 2.05. The summed E-state index contributed by atoms with van der Waals surface area (Å²) in [5, 5.41) is 1.82. The van der Waals surface area contributed by atoms with Crippen LogP contribution in [0.1, 0.15) is 13.8 Å². The monoisotopic (exact) mass is 283 g/mol. The van der Waals surface area contributed by atoms with Crippen LogP contribution in [-0.4, -0.2) is 18.7 Å². The van der Waals surface area contributed by atoms with Gasteiger partial charge in [-0.05, 0) is 38.1 Å². The van der Waals surface area contributed by atoms with E-state index in [1.807, 2.05) is 44.2 Å². The van der Waals surface area contributed by atoms with E-state index in [-0.39, 0.29) is 0 Å². The third-order valence-corrected chi connectivity index (χ3v) is 3.27. The highest BCUT2D eigenvalue weighted by Gasteiger charge is 2.12. The van der Waals surface area contributed by atoms with Crippen LogP contribution in [0.3, 0.4) is 0 Å². The lowest BCUT2D eigenvalue weighted by Gasteiger charge is -2.08. The number of hydrogen-bond donors (Lipinski definition) is 0. The minimum atomic E-state index is 0.550. The Labute approximate surface area is 123 Å². The number of furan rings is 1. The van der Waals surface area contributed by atoms with Gasteiger partial charge >= 0.3 is 0 Å². The first-order valence-corrected chi connectivity index (χ1v) is 6.80. The van der Waals surface area contributed by atoms with E-state index in [1.165, 1.54) is 5.57 Å². The third-order valence-electron chi connectivity index (χ3n) is 3.27. The minimum absolute atomic E-state index is 0.550. The summed E-state index contributed by atoms with van der Waals surface area (Å²) >= 11 is 0. The van der Waals surface area contributed by atoms with E-state index in [1.54, 1.807) is 13.4 Å². The second-order valence-electron chi connectivity index (χ2n) is 5.06. The average molecular weight is 283 g/mol. The van der Waals surface area contributed by atoms with Gasteiger partial charge in [-0.3, -0.25) is 0 Å². The van der Waals surface area contributed by atoms with E-state index in [2.05, 4.69) is 4.98 Å².